The third-order valence-corrected chi connectivity index (χ3v) is 4.43. The topological polar surface area (TPSA) is 74.2 Å². The van der Waals surface area contributed by atoms with Gasteiger partial charge >= 0.3 is 12.4 Å². The van der Waals surface area contributed by atoms with Crippen LogP contribution in [0.2, 0.25) is 0 Å². The van der Waals surface area contributed by atoms with Crippen molar-refractivity contribution in [2.45, 2.75) is 12.4 Å². The third-order valence-electron chi connectivity index (χ3n) is 4.43. The van der Waals surface area contributed by atoms with Crippen LogP contribution in [-0.4, -0.2) is 5.91 Å². The maximum atomic E-state index is 13.0. The first-order chi connectivity index (χ1) is 16.5. The normalized spacial score (nSPS) is 12.0. The van der Waals surface area contributed by atoms with Crippen LogP contribution in [-0.2, 0) is 17.1 Å². The SMILES string of the molecule is N#C/C(=C/Nc1cc(C(F)(F)F)cc(C(F)(F)F)c1)C(=O)Nc1ccc(Oc2ccccc2)cc1. The lowest BCUT2D eigenvalue weighted by molar-refractivity contribution is -0.143. The molecule has 5 nitrogen and oxygen atoms in total. The molecule has 0 saturated carbocycles. The van der Waals surface area contributed by atoms with E-state index in [4.69, 9.17) is 4.74 Å². The molecule has 0 aliphatic heterocycles. The Labute approximate surface area is 195 Å². The fraction of sp³-hybridized carbons (Fsp3) is 0.0833. The van der Waals surface area contributed by atoms with Crippen molar-refractivity contribution in [3.63, 3.8) is 0 Å². The number of halogens is 6. The van der Waals surface area contributed by atoms with Gasteiger partial charge in [0.1, 0.15) is 23.1 Å². The van der Waals surface area contributed by atoms with E-state index in [-0.39, 0.29) is 11.8 Å². The van der Waals surface area contributed by atoms with E-state index in [1.54, 1.807) is 42.5 Å². The van der Waals surface area contributed by atoms with Gasteiger partial charge in [0.2, 0.25) is 0 Å². The predicted octanol–water partition coefficient (Wildman–Crippen LogP) is 6.97. The Morgan fingerprint density at radius 2 is 1.34 bits per heavy atom. The van der Waals surface area contributed by atoms with E-state index in [1.165, 1.54) is 12.1 Å². The van der Waals surface area contributed by atoms with Crippen LogP contribution in [0, 0.1) is 11.3 Å². The monoisotopic (exact) mass is 491 g/mol. The number of hydrogen-bond donors (Lipinski definition) is 2. The van der Waals surface area contributed by atoms with Crippen LogP contribution in [0.3, 0.4) is 0 Å². The maximum Gasteiger partial charge on any atom is 0.416 e. The summed E-state index contributed by atoms with van der Waals surface area (Å²) in [6, 6.07) is 17.4. The van der Waals surface area contributed by atoms with Crippen LogP contribution in [0.1, 0.15) is 11.1 Å². The minimum Gasteiger partial charge on any atom is -0.457 e. The van der Waals surface area contributed by atoms with E-state index >= 15 is 0 Å². The van der Waals surface area contributed by atoms with E-state index in [1.807, 2.05) is 6.07 Å². The van der Waals surface area contributed by atoms with Crippen LogP contribution in [0.5, 0.6) is 11.5 Å². The van der Waals surface area contributed by atoms with Crippen molar-refractivity contribution in [1.29, 1.82) is 5.26 Å². The van der Waals surface area contributed by atoms with Gasteiger partial charge in [-0.1, -0.05) is 18.2 Å². The molecule has 0 fully saturated rings. The third kappa shape index (κ3) is 7.01. The summed E-state index contributed by atoms with van der Waals surface area (Å²) in [5.41, 5.74) is -3.99. The number of anilines is 2. The van der Waals surface area contributed by atoms with Gasteiger partial charge in [0.05, 0.1) is 11.1 Å². The molecule has 0 unspecified atom stereocenters. The molecular formula is C24H15F6N3O2. The molecular weight excluding hydrogens is 476 g/mol. The molecule has 1 amide bonds. The second kappa shape index (κ2) is 10.2. The summed E-state index contributed by atoms with van der Waals surface area (Å²) in [4.78, 5) is 12.4. The molecule has 0 bridgehead atoms. The fourth-order valence-electron chi connectivity index (χ4n) is 2.77. The predicted molar refractivity (Wildman–Crippen MR) is 115 cm³/mol. The van der Waals surface area contributed by atoms with Crippen molar-refractivity contribution in [3.8, 4) is 17.6 Å². The van der Waals surface area contributed by atoms with Crippen LogP contribution >= 0.6 is 0 Å². The molecule has 3 aromatic rings. The van der Waals surface area contributed by atoms with Crippen molar-refractivity contribution in [1.82, 2.24) is 0 Å². The van der Waals surface area contributed by atoms with Gasteiger partial charge < -0.3 is 15.4 Å². The Kier molecular flexibility index (Phi) is 7.34. The molecule has 0 aromatic heterocycles. The molecule has 0 saturated heterocycles. The van der Waals surface area contributed by atoms with Gasteiger partial charge in [0.15, 0.2) is 0 Å². The summed E-state index contributed by atoms with van der Waals surface area (Å²) in [6.07, 6.45) is -9.35. The van der Waals surface area contributed by atoms with E-state index in [9.17, 15) is 36.4 Å². The highest BCUT2D eigenvalue weighted by atomic mass is 19.4. The number of ether oxygens (including phenoxy) is 1. The number of alkyl halides is 6. The van der Waals surface area contributed by atoms with E-state index in [0.29, 0.717) is 23.6 Å². The Morgan fingerprint density at radius 1 is 0.800 bits per heavy atom. The maximum absolute atomic E-state index is 13.0. The van der Waals surface area contributed by atoms with Gasteiger partial charge in [-0.05, 0) is 54.6 Å². The zero-order chi connectivity index (χ0) is 25.6. The van der Waals surface area contributed by atoms with Gasteiger partial charge in [-0.2, -0.15) is 31.6 Å². The molecule has 11 heteroatoms. The van der Waals surface area contributed by atoms with Gasteiger partial charge in [0.25, 0.3) is 5.91 Å². The van der Waals surface area contributed by atoms with Crippen molar-refractivity contribution in [3.05, 3.63) is 95.7 Å². The van der Waals surface area contributed by atoms with Gasteiger partial charge in [0, 0.05) is 17.6 Å². The van der Waals surface area contributed by atoms with E-state index in [0.717, 1.165) is 6.20 Å². The lowest BCUT2D eigenvalue weighted by Gasteiger charge is -2.14. The average Bonchev–Trinajstić information content (AvgIpc) is 2.80. The average molecular weight is 491 g/mol. The van der Waals surface area contributed by atoms with E-state index < -0.39 is 40.6 Å². The molecule has 3 rings (SSSR count). The number of nitriles is 1. The number of carbonyl (C=O) groups is 1. The minimum absolute atomic E-state index is 0.0298. The smallest absolute Gasteiger partial charge is 0.416 e. The molecule has 0 atom stereocenters. The molecule has 0 heterocycles. The van der Waals surface area contributed by atoms with Crippen molar-refractivity contribution < 1.29 is 35.9 Å². The summed E-state index contributed by atoms with van der Waals surface area (Å²) < 4.78 is 83.5. The number of benzene rings is 3. The molecule has 3 aromatic carbocycles. The van der Waals surface area contributed by atoms with Gasteiger partial charge in [-0.3, -0.25) is 4.79 Å². The molecule has 35 heavy (non-hydrogen) atoms. The Morgan fingerprint density at radius 3 is 1.86 bits per heavy atom. The van der Waals surface area contributed by atoms with E-state index in [2.05, 4.69) is 10.6 Å². The van der Waals surface area contributed by atoms with Crippen molar-refractivity contribution in [2.75, 3.05) is 10.6 Å². The number of nitrogens with zero attached hydrogens (tertiary/aromatic N) is 1. The van der Waals surface area contributed by atoms with Crippen LogP contribution in [0.4, 0.5) is 37.7 Å². The van der Waals surface area contributed by atoms with Gasteiger partial charge in [-0.25, -0.2) is 0 Å². The second-order valence-electron chi connectivity index (χ2n) is 7.00. The molecule has 0 spiro atoms. The van der Waals surface area contributed by atoms with Crippen LogP contribution in [0.15, 0.2) is 84.6 Å². The number of para-hydroxylation sites is 1. The Hall–Kier alpha value is -4.46. The number of amides is 1. The molecule has 180 valence electrons. The first-order valence-corrected chi connectivity index (χ1v) is 9.76. The highest BCUT2D eigenvalue weighted by Gasteiger charge is 2.36. The second-order valence-corrected chi connectivity index (χ2v) is 7.00. The summed E-state index contributed by atoms with van der Waals surface area (Å²) in [5.74, 6) is 0.130. The van der Waals surface area contributed by atoms with Gasteiger partial charge in [-0.15, -0.1) is 0 Å². The summed E-state index contributed by atoms with van der Waals surface area (Å²) in [6.45, 7) is 0. The first-order valence-electron chi connectivity index (χ1n) is 9.76. The minimum atomic E-state index is -5.03. The number of carbonyl (C=O) groups excluding carboxylic acids is 1. The fourth-order valence-corrected chi connectivity index (χ4v) is 2.77. The first kappa shape index (κ1) is 25.2. The largest absolute Gasteiger partial charge is 0.457 e. The summed E-state index contributed by atoms with van der Waals surface area (Å²) in [5, 5.41) is 13.8. The number of rotatable bonds is 6. The quantitative estimate of drug-likeness (QED) is 0.222. The highest BCUT2D eigenvalue weighted by molar-refractivity contribution is 6.06. The van der Waals surface area contributed by atoms with Crippen molar-refractivity contribution in [2.24, 2.45) is 0 Å². The zero-order valence-corrected chi connectivity index (χ0v) is 17.5. The molecule has 2 N–H and O–H groups in total. The Balaban J connectivity index is 1.73. The summed E-state index contributed by atoms with van der Waals surface area (Å²) >= 11 is 0. The molecule has 0 aliphatic rings. The lowest BCUT2D eigenvalue weighted by Crippen LogP contribution is -2.15. The Bertz CT molecular complexity index is 1230. The summed E-state index contributed by atoms with van der Waals surface area (Å²) in [7, 11) is 0. The standard InChI is InChI=1S/C24H15F6N3O2/c25-23(26,27)16-10-17(24(28,29)30)12-19(11-16)32-14-15(13-31)22(34)33-18-6-8-21(9-7-18)35-20-4-2-1-3-5-20/h1-12,14,32H,(H,33,34)/b15-14-. The number of nitrogens with one attached hydrogen (secondary N) is 2. The molecule has 0 radical (unpaired) electrons. The zero-order valence-electron chi connectivity index (χ0n) is 17.5. The van der Waals surface area contributed by atoms with Crippen molar-refractivity contribution >= 4 is 17.3 Å². The highest BCUT2D eigenvalue weighted by Crippen LogP contribution is 2.37. The van der Waals surface area contributed by atoms with Crippen LogP contribution < -0.4 is 15.4 Å². The van der Waals surface area contributed by atoms with Crippen LogP contribution in [0.25, 0.3) is 0 Å². The lowest BCUT2D eigenvalue weighted by atomic mass is 10.1. The molecule has 0 aliphatic carbocycles. The number of hydrogen-bond acceptors (Lipinski definition) is 4.